The van der Waals surface area contributed by atoms with Gasteiger partial charge >= 0.3 is 0 Å². The second-order valence-corrected chi connectivity index (χ2v) is 7.45. The predicted octanol–water partition coefficient (Wildman–Crippen LogP) is 3.07. The van der Waals surface area contributed by atoms with Crippen molar-refractivity contribution in [1.82, 2.24) is 10.3 Å². The van der Waals surface area contributed by atoms with Gasteiger partial charge in [-0.3, -0.25) is 0 Å². The molecule has 7 nitrogen and oxygen atoms in total. The fraction of sp³-hybridized carbons (Fsp3) is 0.280. The van der Waals surface area contributed by atoms with Crippen LogP contribution >= 0.6 is 0 Å². The lowest BCUT2D eigenvalue weighted by atomic mass is 10.1. The van der Waals surface area contributed by atoms with E-state index in [1.165, 1.54) is 0 Å². The fourth-order valence-corrected chi connectivity index (χ4v) is 3.59. The average molecular weight is 436 g/mol. The van der Waals surface area contributed by atoms with Crippen molar-refractivity contribution < 1.29 is 19.3 Å². The Morgan fingerprint density at radius 1 is 0.812 bits per heavy atom. The van der Waals surface area contributed by atoms with Gasteiger partial charge in [-0.05, 0) is 30.3 Å². The molecule has 168 valence electrons. The van der Waals surface area contributed by atoms with Crippen LogP contribution in [0.1, 0.15) is 0 Å². The largest absolute Gasteiger partial charge is 0.490 e. The number of rotatable bonds is 12. The molecule has 0 aliphatic heterocycles. The summed E-state index contributed by atoms with van der Waals surface area (Å²) in [6.45, 7) is 2.52. The molecule has 0 aliphatic rings. The molecule has 0 saturated heterocycles. The molecule has 0 unspecified atom stereocenters. The first-order valence-corrected chi connectivity index (χ1v) is 10.8. The summed E-state index contributed by atoms with van der Waals surface area (Å²) in [7, 11) is 0. The third kappa shape index (κ3) is 5.31. The van der Waals surface area contributed by atoms with Gasteiger partial charge in [-0.2, -0.15) is 0 Å². The summed E-state index contributed by atoms with van der Waals surface area (Å²) < 4.78 is 17.3. The zero-order chi connectivity index (χ0) is 22.2. The Labute approximate surface area is 187 Å². The second kappa shape index (κ2) is 10.9. The lowest BCUT2D eigenvalue weighted by molar-refractivity contribution is 0.106. The predicted molar refractivity (Wildman–Crippen MR) is 127 cm³/mol. The maximum absolute atomic E-state index is 10.3. The van der Waals surface area contributed by atoms with Crippen LogP contribution in [-0.2, 0) is 0 Å². The van der Waals surface area contributed by atoms with Crippen molar-refractivity contribution in [2.75, 3.05) is 39.5 Å². The SMILES string of the molecule is NCCOc1ccccc1OCCNC[C@H](O)COc1cccc2[nH]c3ccccc3c12. The standard InChI is InChI=1S/C25H29N3O4/c26-12-14-30-22-9-3-4-10-23(22)31-15-13-27-16-18(29)17-32-24-11-5-8-21-25(24)19-6-1-2-7-20(19)28-21/h1-11,18,27-29H,12-17,26H2/t18-/m0/s1. The minimum absolute atomic E-state index is 0.197. The highest BCUT2D eigenvalue weighted by molar-refractivity contribution is 6.10. The Kier molecular flexibility index (Phi) is 7.45. The monoisotopic (exact) mass is 435 g/mol. The van der Waals surface area contributed by atoms with E-state index in [0.29, 0.717) is 44.3 Å². The molecule has 0 spiro atoms. The van der Waals surface area contributed by atoms with Gasteiger partial charge in [0, 0.05) is 35.9 Å². The molecule has 0 bridgehead atoms. The number of aromatic nitrogens is 1. The molecule has 5 N–H and O–H groups in total. The van der Waals surface area contributed by atoms with Crippen molar-refractivity contribution in [1.29, 1.82) is 0 Å². The van der Waals surface area contributed by atoms with Gasteiger partial charge in [0.05, 0.1) is 5.52 Å². The quantitative estimate of drug-likeness (QED) is 0.255. The number of nitrogens with one attached hydrogen (secondary N) is 2. The van der Waals surface area contributed by atoms with Crippen molar-refractivity contribution in [3.05, 3.63) is 66.7 Å². The first kappa shape index (κ1) is 22.0. The highest BCUT2D eigenvalue weighted by Crippen LogP contribution is 2.33. The minimum atomic E-state index is -0.643. The van der Waals surface area contributed by atoms with Gasteiger partial charge < -0.3 is 35.4 Å². The highest BCUT2D eigenvalue weighted by atomic mass is 16.5. The number of hydrogen-bond donors (Lipinski definition) is 4. The number of ether oxygens (including phenoxy) is 3. The Morgan fingerprint density at radius 3 is 2.31 bits per heavy atom. The molecule has 4 aromatic rings. The summed E-state index contributed by atoms with van der Waals surface area (Å²) in [5, 5.41) is 15.7. The molecule has 7 heteroatoms. The number of aliphatic hydroxyl groups excluding tert-OH is 1. The number of hydrogen-bond acceptors (Lipinski definition) is 6. The van der Waals surface area contributed by atoms with Crippen molar-refractivity contribution in [2.45, 2.75) is 6.10 Å². The molecule has 0 radical (unpaired) electrons. The van der Waals surface area contributed by atoms with E-state index in [1.807, 2.05) is 60.7 Å². The van der Waals surface area contributed by atoms with Crippen LogP contribution in [0.4, 0.5) is 0 Å². The zero-order valence-electron chi connectivity index (χ0n) is 17.9. The molecule has 4 rings (SSSR count). The van der Waals surface area contributed by atoms with Crippen molar-refractivity contribution >= 4 is 21.8 Å². The molecule has 1 atom stereocenters. The molecular weight excluding hydrogens is 406 g/mol. The number of aromatic amines is 1. The molecule has 0 aliphatic carbocycles. The number of H-pyrrole nitrogens is 1. The Morgan fingerprint density at radius 2 is 1.50 bits per heavy atom. The number of para-hydroxylation sites is 3. The Balaban J connectivity index is 1.23. The molecule has 1 aromatic heterocycles. The fourth-order valence-electron chi connectivity index (χ4n) is 3.59. The molecule has 1 heterocycles. The Hall–Kier alpha value is -3.26. The average Bonchev–Trinajstić information content (AvgIpc) is 3.21. The summed E-state index contributed by atoms with van der Waals surface area (Å²) in [6, 6.07) is 21.5. The van der Waals surface area contributed by atoms with Gasteiger partial charge in [0.15, 0.2) is 11.5 Å². The van der Waals surface area contributed by atoms with Crippen LogP contribution in [-0.4, -0.2) is 55.6 Å². The van der Waals surface area contributed by atoms with Crippen LogP contribution in [0, 0.1) is 0 Å². The normalized spacial score (nSPS) is 12.2. The van der Waals surface area contributed by atoms with Gasteiger partial charge in [-0.15, -0.1) is 0 Å². The van der Waals surface area contributed by atoms with E-state index in [9.17, 15) is 5.11 Å². The van der Waals surface area contributed by atoms with Crippen LogP contribution < -0.4 is 25.3 Å². The first-order chi connectivity index (χ1) is 15.8. The van der Waals surface area contributed by atoms with Gasteiger partial charge in [-0.25, -0.2) is 0 Å². The second-order valence-electron chi connectivity index (χ2n) is 7.45. The van der Waals surface area contributed by atoms with E-state index < -0.39 is 6.10 Å². The third-order valence-corrected chi connectivity index (χ3v) is 5.06. The van der Waals surface area contributed by atoms with Gasteiger partial charge in [0.25, 0.3) is 0 Å². The van der Waals surface area contributed by atoms with Gasteiger partial charge in [0.1, 0.15) is 31.7 Å². The molecule has 32 heavy (non-hydrogen) atoms. The maximum atomic E-state index is 10.3. The van der Waals surface area contributed by atoms with Crippen LogP contribution in [0.25, 0.3) is 21.8 Å². The van der Waals surface area contributed by atoms with Gasteiger partial charge in [0.2, 0.25) is 0 Å². The smallest absolute Gasteiger partial charge is 0.161 e. The van der Waals surface area contributed by atoms with Crippen LogP contribution in [0.5, 0.6) is 17.2 Å². The lowest BCUT2D eigenvalue weighted by Gasteiger charge is -2.15. The summed E-state index contributed by atoms with van der Waals surface area (Å²) in [6.07, 6.45) is -0.643. The molecule has 0 fully saturated rings. The first-order valence-electron chi connectivity index (χ1n) is 10.8. The summed E-state index contributed by atoms with van der Waals surface area (Å²) in [4.78, 5) is 3.40. The number of nitrogens with two attached hydrogens (primary N) is 1. The number of fused-ring (bicyclic) bond motifs is 3. The van der Waals surface area contributed by atoms with Crippen molar-refractivity contribution in [3.63, 3.8) is 0 Å². The van der Waals surface area contributed by atoms with Crippen LogP contribution in [0.3, 0.4) is 0 Å². The Bertz CT molecular complexity index is 1140. The topological polar surface area (TPSA) is 102 Å². The van der Waals surface area contributed by atoms with Crippen LogP contribution in [0.15, 0.2) is 66.7 Å². The molecule has 3 aromatic carbocycles. The van der Waals surface area contributed by atoms with E-state index in [2.05, 4.69) is 16.4 Å². The highest BCUT2D eigenvalue weighted by Gasteiger charge is 2.11. The summed E-state index contributed by atoms with van der Waals surface area (Å²) in [5.41, 5.74) is 7.57. The number of aliphatic hydroxyl groups is 1. The van der Waals surface area contributed by atoms with E-state index in [4.69, 9.17) is 19.9 Å². The van der Waals surface area contributed by atoms with Crippen LogP contribution in [0.2, 0.25) is 0 Å². The van der Waals surface area contributed by atoms with E-state index in [0.717, 1.165) is 27.6 Å². The maximum Gasteiger partial charge on any atom is 0.161 e. The zero-order valence-corrected chi connectivity index (χ0v) is 17.9. The van der Waals surface area contributed by atoms with E-state index in [-0.39, 0.29) is 6.61 Å². The summed E-state index contributed by atoms with van der Waals surface area (Å²) in [5.74, 6) is 2.12. The lowest BCUT2D eigenvalue weighted by Crippen LogP contribution is -2.33. The third-order valence-electron chi connectivity index (χ3n) is 5.06. The minimum Gasteiger partial charge on any atom is -0.490 e. The number of benzene rings is 3. The van der Waals surface area contributed by atoms with E-state index >= 15 is 0 Å². The van der Waals surface area contributed by atoms with E-state index in [1.54, 1.807) is 0 Å². The molecular formula is C25H29N3O4. The van der Waals surface area contributed by atoms with Crippen molar-refractivity contribution in [3.8, 4) is 17.2 Å². The molecule has 0 amide bonds. The summed E-state index contributed by atoms with van der Waals surface area (Å²) >= 11 is 0. The van der Waals surface area contributed by atoms with Crippen molar-refractivity contribution in [2.24, 2.45) is 5.73 Å². The van der Waals surface area contributed by atoms with Gasteiger partial charge in [-0.1, -0.05) is 36.4 Å². The molecule has 0 saturated carbocycles.